The van der Waals surface area contributed by atoms with Crippen LogP contribution >= 0.6 is 11.3 Å². The number of anilines is 1. The van der Waals surface area contributed by atoms with E-state index in [1.54, 1.807) is 12.1 Å². The number of nitrogens with one attached hydrogen (secondary N) is 2. The average molecular weight is 317 g/mol. The van der Waals surface area contributed by atoms with Crippen molar-refractivity contribution in [2.24, 2.45) is 0 Å². The van der Waals surface area contributed by atoms with E-state index in [-0.39, 0.29) is 17.4 Å². The number of hydrogen-bond acceptors (Lipinski definition) is 4. The monoisotopic (exact) mass is 317 g/mol. The molecule has 114 valence electrons. The molecule has 6 heteroatoms. The lowest BCUT2D eigenvalue weighted by Gasteiger charge is -2.08. The first-order valence-electron chi connectivity index (χ1n) is 7.01. The van der Waals surface area contributed by atoms with Crippen LogP contribution < -0.4 is 10.9 Å². The molecule has 0 amide bonds. The molecule has 4 nitrogen and oxygen atoms in total. The summed E-state index contributed by atoms with van der Waals surface area (Å²) in [4.78, 5) is 20.5. The topological polar surface area (TPSA) is 57.8 Å². The minimum absolute atomic E-state index is 0.158. The van der Waals surface area contributed by atoms with E-state index in [4.69, 9.17) is 0 Å². The Labute approximate surface area is 131 Å². The summed E-state index contributed by atoms with van der Waals surface area (Å²) in [5.41, 5.74) is 2.36. The van der Waals surface area contributed by atoms with Crippen molar-refractivity contribution in [3.8, 4) is 10.4 Å². The molecule has 0 aliphatic heterocycles. The van der Waals surface area contributed by atoms with Crippen LogP contribution in [0.4, 0.5) is 10.3 Å². The smallest absolute Gasteiger partial charge is 0.270 e. The third-order valence-electron chi connectivity index (χ3n) is 3.31. The molecule has 0 atom stereocenters. The van der Waals surface area contributed by atoms with Crippen molar-refractivity contribution in [3.63, 3.8) is 0 Å². The standard InChI is InChI=1S/C16H16FN3OS/c1-8(2)18-16-19-12-9(3)13(22-14(12)15(21)20-16)10-4-6-11(17)7-5-10/h4-8H,1-3H3,(H2,18,19,20,21). The minimum atomic E-state index is -0.276. The van der Waals surface area contributed by atoms with E-state index >= 15 is 0 Å². The summed E-state index contributed by atoms with van der Waals surface area (Å²) in [6.45, 7) is 5.90. The number of thiophene rings is 1. The van der Waals surface area contributed by atoms with Crippen LogP contribution in [-0.4, -0.2) is 16.0 Å². The molecule has 0 unspecified atom stereocenters. The Kier molecular flexibility index (Phi) is 3.70. The maximum absolute atomic E-state index is 13.1. The highest BCUT2D eigenvalue weighted by atomic mass is 32.1. The summed E-state index contributed by atoms with van der Waals surface area (Å²) in [5, 5.41) is 3.11. The Morgan fingerprint density at radius 2 is 1.95 bits per heavy atom. The third-order valence-corrected chi connectivity index (χ3v) is 4.64. The first kappa shape index (κ1) is 14.7. The van der Waals surface area contributed by atoms with Gasteiger partial charge < -0.3 is 5.32 Å². The molecule has 0 aliphatic rings. The SMILES string of the molecule is Cc1c(-c2ccc(F)cc2)sc2c(=O)[nH]c(NC(C)C)nc12. The van der Waals surface area contributed by atoms with Crippen LogP contribution in [0.25, 0.3) is 20.7 Å². The highest BCUT2D eigenvalue weighted by Gasteiger charge is 2.15. The molecule has 2 heterocycles. The summed E-state index contributed by atoms with van der Waals surface area (Å²) >= 11 is 1.38. The molecule has 0 spiro atoms. The number of benzene rings is 1. The van der Waals surface area contributed by atoms with Crippen molar-refractivity contribution in [3.05, 3.63) is 46.0 Å². The van der Waals surface area contributed by atoms with E-state index in [1.165, 1.54) is 23.5 Å². The Bertz CT molecular complexity index is 881. The molecular weight excluding hydrogens is 301 g/mol. The van der Waals surface area contributed by atoms with Gasteiger partial charge in [-0.05, 0) is 44.0 Å². The molecule has 2 aromatic heterocycles. The van der Waals surface area contributed by atoms with E-state index in [0.717, 1.165) is 16.0 Å². The minimum Gasteiger partial charge on any atom is -0.354 e. The maximum atomic E-state index is 13.1. The second kappa shape index (κ2) is 5.53. The van der Waals surface area contributed by atoms with Crippen molar-refractivity contribution >= 4 is 27.5 Å². The van der Waals surface area contributed by atoms with Gasteiger partial charge >= 0.3 is 0 Å². The van der Waals surface area contributed by atoms with Gasteiger partial charge in [-0.2, -0.15) is 0 Å². The molecule has 0 saturated carbocycles. The molecule has 2 N–H and O–H groups in total. The largest absolute Gasteiger partial charge is 0.354 e. The lowest BCUT2D eigenvalue weighted by Crippen LogP contribution is -2.17. The molecular formula is C16H16FN3OS. The highest BCUT2D eigenvalue weighted by Crippen LogP contribution is 2.35. The molecule has 22 heavy (non-hydrogen) atoms. The van der Waals surface area contributed by atoms with E-state index in [9.17, 15) is 9.18 Å². The highest BCUT2D eigenvalue weighted by molar-refractivity contribution is 7.22. The Morgan fingerprint density at radius 3 is 2.59 bits per heavy atom. The molecule has 0 saturated heterocycles. The van der Waals surface area contributed by atoms with Crippen LogP contribution in [0, 0.1) is 12.7 Å². The van der Waals surface area contributed by atoms with Gasteiger partial charge in [0.05, 0.1) is 5.52 Å². The first-order chi connectivity index (χ1) is 10.5. The van der Waals surface area contributed by atoms with Crippen molar-refractivity contribution < 1.29 is 4.39 Å². The Hall–Kier alpha value is -2.21. The van der Waals surface area contributed by atoms with Crippen LogP contribution in [0.2, 0.25) is 0 Å². The molecule has 0 bridgehead atoms. The van der Waals surface area contributed by atoms with E-state index < -0.39 is 0 Å². The fourth-order valence-electron chi connectivity index (χ4n) is 2.32. The van der Waals surface area contributed by atoms with Gasteiger partial charge in [0.25, 0.3) is 5.56 Å². The summed E-state index contributed by atoms with van der Waals surface area (Å²) in [6, 6.07) is 6.45. The number of H-pyrrole nitrogens is 1. The zero-order chi connectivity index (χ0) is 15.9. The number of halogens is 1. The second-order valence-corrected chi connectivity index (χ2v) is 6.48. The van der Waals surface area contributed by atoms with Gasteiger partial charge in [0.1, 0.15) is 10.5 Å². The summed E-state index contributed by atoms with van der Waals surface area (Å²) in [6.07, 6.45) is 0. The van der Waals surface area contributed by atoms with Gasteiger partial charge in [0.2, 0.25) is 5.95 Å². The first-order valence-corrected chi connectivity index (χ1v) is 7.83. The van der Waals surface area contributed by atoms with Gasteiger partial charge in [-0.3, -0.25) is 9.78 Å². The lowest BCUT2D eigenvalue weighted by atomic mass is 10.1. The molecule has 0 aliphatic carbocycles. The van der Waals surface area contributed by atoms with Crippen molar-refractivity contribution in [1.82, 2.24) is 9.97 Å². The van der Waals surface area contributed by atoms with E-state index in [0.29, 0.717) is 16.2 Å². The Balaban J connectivity index is 2.18. The van der Waals surface area contributed by atoms with E-state index in [2.05, 4.69) is 15.3 Å². The van der Waals surface area contributed by atoms with Crippen LogP contribution in [-0.2, 0) is 0 Å². The predicted molar refractivity (Wildman–Crippen MR) is 89.1 cm³/mol. The maximum Gasteiger partial charge on any atom is 0.270 e. The third kappa shape index (κ3) is 2.62. The predicted octanol–water partition coefficient (Wildman–Crippen LogP) is 3.92. The zero-order valence-corrected chi connectivity index (χ0v) is 13.3. The number of hydrogen-bond donors (Lipinski definition) is 2. The number of aromatic nitrogens is 2. The molecule has 3 aromatic rings. The number of aromatic amines is 1. The quantitative estimate of drug-likeness (QED) is 0.770. The fraction of sp³-hybridized carbons (Fsp3) is 0.250. The van der Waals surface area contributed by atoms with Gasteiger partial charge in [-0.1, -0.05) is 12.1 Å². The van der Waals surface area contributed by atoms with Crippen molar-refractivity contribution in [2.45, 2.75) is 26.8 Å². The van der Waals surface area contributed by atoms with Gasteiger partial charge in [0.15, 0.2) is 0 Å². The average Bonchev–Trinajstić information content (AvgIpc) is 2.77. The molecule has 0 radical (unpaired) electrons. The normalized spacial score (nSPS) is 11.3. The number of aryl methyl sites for hydroxylation is 1. The molecule has 0 fully saturated rings. The van der Waals surface area contributed by atoms with Crippen LogP contribution in [0.1, 0.15) is 19.4 Å². The van der Waals surface area contributed by atoms with Crippen LogP contribution in [0.15, 0.2) is 29.1 Å². The van der Waals surface area contributed by atoms with Crippen LogP contribution in [0.5, 0.6) is 0 Å². The number of fused-ring (bicyclic) bond motifs is 1. The summed E-state index contributed by atoms with van der Waals surface area (Å²) in [5.74, 6) is 0.195. The summed E-state index contributed by atoms with van der Waals surface area (Å²) in [7, 11) is 0. The van der Waals surface area contributed by atoms with Gasteiger partial charge in [-0.25, -0.2) is 9.37 Å². The lowest BCUT2D eigenvalue weighted by molar-refractivity contribution is 0.628. The van der Waals surface area contributed by atoms with E-state index in [1.807, 2.05) is 20.8 Å². The number of nitrogens with zero attached hydrogens (tertiary/aromatic N) is 1. The zero-order valence-electron chi connectivity index (χ0n) is 12.5. The number of rotatable bonds is 3. The fourth-order valence-corrected chi connectivity index (χ4v) is 3.46. The van der Waals surface area contributed by atoms with Crippen molar-refractivity contribution in [1.29, 1.82) is 0 Å². The Morgan fingerprint density at radius 1 is 1.27 bits per heavy atom. The van der Waals surface area contributed by atoms with Gasteiger partial charge in [-0.15, -0.1) is 11.3 Å². The molecule has 3 rings (SSSR count). The van der Waals surface area contributed by atoms with Crippen LogP contribution in [0.3, 0.4) is 0 Å². The summed E-state index contributed by atoms with van der Waals surface area (Å²) < 4.78 is 13.7. The van der Waals surface area contributed by atoms with Gasteiger partial charge in [0, 0.05) is 10.9 Å². The molecule has 1 aromatic carbocycles. The second-order valence-electron chi connectivity index (χ2n) is 5.45. The van der Waals surface area contributed by atoms with Crippen molar-refractivity contribution in [2.75, 3.05) is 5.32 Å².